The number of amides is 1. The van der Waals surface area contributed by atoms with Gasteiger partial charge in [0, 0.05) is 29.4 Å². The van der Waals surface area contributed by atoms with Crippen molar-refractivity contribution in [2.24, 2.45) is 0 Å². The van der Waals surface area contributed by atoms with E-state index in [1.54, 1.807) is 13.0 Å². The largest absolute Gasteiger partial charge is 0.398 e. The lowest BCUT2D eigenvalue weighted by molar-refractivity contribution is 0.0677. The number of carbonyl (C=O) groups excluding carboxylic acids is 1. The monoisotopic (exact) mass is 278 g/mol. The van der Waals surface area contributed by atoms with Gasteiger partial charge in [-0.1, -0.05) is 19.8 Å². The third-order valence-corrected chi connectivity index (χ3v) is 4.24. The number of nitrogens with two attached hydrogens (primary N) is 1. The zero-order valence-electron chi connectivity index (χ0n) is 12.3. The van der Waals surface area contributed by atoms with Crippen LogP contribution in [-0.2, 0) is 0 Å². The average molecular weight is 278 g/mol. The van der Waals surface area contributed by atoms with Gasteiger partial charge in [0.25, 0.3) is 5.91 Å². The number of halogens is 1. The molecule has 1 saturated heterocycles. The van der Waals surface area contributed by atoms with Crippen LogP contribution in [0.15, 0.2) is 12.1 Å². The first kappa shape index (κ1) is 14.8. The Hall–Kier alpha value is -1.58. The van der Waals surface area contributed by atoms with Crippen LogP contribution in [0.1, 0.15) is 54.9 Å². The van der Waals surface area contributed by atoms with Crippen LogP contribution in [0.4, 0.5) is 10.1 Å². The van der Waals surface area contributed by atoms with Crippen molar-refractivity contribution in [3.8, 4) is 0 Å². The molecule has 1 aromatic rings. The lowest BCUT2D eigenvalue weighted by atomic mass is 10.0. The summed E-state index contributed by atoms with van der Waals surface area (Å²) in [5.41, 5.74) is 6.89. The normalized spacial score (nSPS) is 19.8. The zero-order chi connectivity index (χ0) is 14.7. The lowest BCUT2D eigenvalue weighted by Crippen LogP contribution is -2.39. The quantitative estimate of drug-likeness (QED) is 0.841. The van der Waals surface area contributed by atoms with Crippen molar-refractivity contribution in [3.05, 3.63) is 29.1 Å². The third-order valence-electron chi connectivity index (χ3n) is 4.24. The molecule has 110 valence electrons. The van der Waals surface area contributed by atoms with Crippen LogP contribution in [0.2, 0.25) is 0 Å². The lowest BCUT2D eigenvalue weighted by Gasteiger charge is -2.29. The van der Waals surface area contributed by atoms with Crippen molar-refractivity contribution in [2.75, 3.05) is 12.3 Å². The fourth-order valence-electron chi connectivity index (χ4n) is 2.86. The first-order valence-corrected chi connectivity index (χ1v) is 7.41. The fourth-order valence-corrected chi connectivity index (χ4v) is 2.86. The fraction of sp³-hybridized carbons (Fsp3) is 0.562. The van der Waals surface area contributed by atoms with E-state index in [1.807, 2.05) is 4.90 Å². The molecular formula is C16H23FN2O. The average Bonchev–Trinajstić information content (AvgIpc) is 2.68. The highest BCUT2D eigenvalue weighted by Gasteiger charge is 2.25. The molecule has 2 N–H and O–H groups in total. The smallest absolute Gasteiger partial charge is 0.254 e. The molecule has 0 saturated carbocycles. The van der Waals surface area contributed by atoms with Crippen molar-refractivity contribution in [2.45, 2.75) is 52.0 Å². The Bertz CT molecular complexity index is 478. The zero-order valence-corrected chi connectivity index (χ0v) is 12.3. The second kappa shape index (κ2) is 6.25. The molecule has 1 fully saturated rings. The van der Waals surface area contributed by atoms with E-state index in [0.29, 0.717) is 16.8 Å². The van der Waals surface area contributed by atoms with E-state index in [2.05, 4.69) is 6.92 Å². The Morgan fingerprint density at radius 3 is 2.80 bits per heavy atom. The molecule has 1 atom stereocenters. The predicted molar refractivity (Wildman–Crippen MR) is 79.1 cm³/mol. The minimum absolute atomic E-state index is 0.0932. The Morgan fingerprint density at radius 2 is 2.15 bits per heavy atom. The van der Waals surface area contributed by atoms with Crippen LogP contribution in [0, 0.1) is 12.7 Å². The molecule has 1 heterocycles. The summed E-state index contributed by atoms with van der Waals surface area (Å²) in [4.78, 5) is 14.5. The number of likely N-dealkylation sites (tertiary alicyclic amines) is 1. The van der Waals surface area contributed by atoms with Gasteiger partial charge in [-0.15, -0.1) is 0 Å². The molecule has 0 spiro atoms. The molecular weight excluding hydrogens is 255 g/mol. The van der Waals surface area contributed by atoms with Gasteiger partial charge in [-0.2, -0.15) is 0 Å². The molecule has 1 amide bonds. The first-order valence-electron chi connectivity index (χ1n) is 7.41. The first-order chi connectivity index (χ1) is 9.54. The van der Waals surface area contributed by atoms with Crippen molar-refractivity contribution in [1.82, 2.24) is 4.90 Å². The summed E-state index contributed by atoms with van der Waals surface area (Å²) in [5, 5.41) is 0. The second-order valence-electron chi connectivity index (χ2n) is 5.58. The Kier molecular flexibility index (Phi) is 4.63. The van der Waals surface area contributed by atoms with Gasteiger partial charge in [-0.3, -0.25) is 4.79 Å². The molecule has 2 rings (SSSR count). The maximum absolute atomic E-state index is 13.8. The van der Waals surface area contributed by atoms with Gasteiger partial charge >= 0.3 is 0 Å². The summed E-state index contributed by atoms with van der Waals surface area (Å²) in [5.74, 6) is -0.499. The topological polar surface area (TPSA) is 46.3 Å². The summed E-state index contributed by atoms with van der Waals surface area (Å²) in [6, 6.07) is 3.17. The molecule has 0 radical (unpaired) electrons. The van der Waals surface area contributed by atoms with E-state index in [9.17, 15) is 9.18 Å². The molecule has 1 aliphatic heterocycles. The summed E-state index contributed by atoms with van der Waals surface area (Å²) in [6.07, 6.45) is 5.31. The molecule has 3 nitrogen and oxygen atoms in total. The highest BCUT2D eigenvalue weighted by Crippen LogP contribution is 2.24. The van der Waals surface area contributed by atoms with Crippen LogP contribution >= 0.6 is 0 Å². The van der Waals surface area contributed by atoms with Crippen LogP contribution in [-0.4, -0.2) is 23.4 Å². The van der Waals surface area contributed by atoms with E-state index in [1.165, 1.54) is 6.07 Å². The standard InChI is InChI=1S/C16H23FN2O/c1-3-13-7-5-4-6-8-19(13)16(20)12-9-14(17)11(2)15(18)10-12/h9-10,13H,3-8,18H2,1-2H3. The summed E-state index contributed by atoms with van der Waals surface area (Å²) < 4.78 is 13.8. The van der Waals surface area contributed by atoms with Gasteiger partial charge in [0.1, 0.15) is 5.82 Å². The number of hydrogen-bond donors (Lipinski definition) is 1. The van der Waals surface area contributed by atoms with E-state index in [-0.39, 0.29) is 11.9 Å². The molecule has 1 aliphatic rings. The number of nitrogen functional groups attached to an aromatic ring is 1. The Morgan fingerprint density at radius 1 is 1.40 bits per heavy atom. The van der Waals surface area contributed by atoms with Gasteiger partial charge in [0.05, 0.1) is 0 Å². The second-order valence-corrected chi connectivity index (χ2v) is 5.58. The summed E-state index contributed by atoms with van der Waals surface area (Å²) >= 11 is 0. The molecule has 0 bridgehead atoms. The number of hydrogen-bond acceptors (Lipinski definition) is 2. The Balaban J connectivity index is 2.29. The number of carbonyl (C=O) groups is 1. The molecule has 1 unspecified atom stereocenters. The number of benzene rings is 1. The van der Waals surface area contributed by atoms with Gasteiger partial charge in [0.2, 0.25) is 0 Å². The van der Waals surface area contributed by atoms with Gasteiger partial charge < -0.3 is 10.6 Å². The van der Waals surface area contributed by atoms with Crippen LogP contribution in [0.3, 0.4) is 0 Å². The highest BCUT2D eigenvalue weighted by atomic mass is 19.1. The van der Waals surface area contributed by atoms with Gasteiger partial charge in [0.15, 0.2) is 0 Å². The highest BCUT2D eigenvalue weighted by molar-refractivity contribution is 5.95. The molecule has 0 aliphatic carbocycles. The van der Waals surface area contributed by atoms with Crippen LogP contribution in [0.25, 0.3) is 0 Å². The summed E-state index contributed by atoms with van der Waals surface area (Å²) in [7, 11) is 0. The van der Waals surface area contributed by atoms with E-state index in [0.717, 1.165) is 38.6 Å². The van der Waals surface area contributed by atoms with E-state index >= 15 is 0 Å². The van der Waals surface area contributed by atoms with E-state index < -0.39 is 5.82 Å². The van der Waals surface area contributed by atoms with E-state index in [4.69, 9.17) is 5.73 Å². The molecule has 1 aromatic carbocycles. The molecule has 4 heteroatoms. The van der Waals surface area contributed by atoms with Crippen LogP contribution in [0.5, 0.6) is 0 Å². The SMILES string of the molecule is CCC1CCCCCN1C(=O)c1cc(N)c(C)c(F)c1. The Labute approximate surface area is 120 Å². The van der Waals surface area contributed by atoms with Crippen molar-refractivity contribution in [1.29, 1.82) is 0 Å². The van der Waals surface area contributed by atoms with Crippen molar-refractivity contribution >= 4 is 11.6 Å². The maximum atomic E-state index is 13.8. The minimum Gasteiger partial charge on any atom is -0.398 e. The third kappa shape index (κ3) is 2.94. The maximum Gasteiger partial charge on any atom is 0.254 e. The number of nitrogens with zero attached hydrogens (tertiary/aromatic N) is 1. The van der Waals surface area contributed by atoms with Gasteiger partial charge in [-0.05, 0) is 38.3 Å². The van der Waals surface area contributed by atoms with Gasteiger partial charge in [-0.25, -0.2) is 4.39 Å². The van der Waals surface area contributed by atoms with Crippen LogP contribution < -0.4 is 5.73 Å². The number of anilines is 1. The minimum atomic E-state index is -0.406. The van der Waals surface area contributed by atoms with Crippen molar-refractivity contribution in [3.63, 3.8) is 0 Å². The van der Waals surface area contributed by atoms with Crippen molar-refractivity contribution < 1.29 is 9.18 Å². The number of rotatable bonds is 2. The predicted octanol–water partition coefficient (Wildman–Crippen LogP) is 3.51. The molecule has 20 heavy (non-hydrogen) atoms. The molecule has 0 aromatic heterocycles. The summed E-state index contributed by atoms with van der Waals surface area (Å²) in [6.45, 7) is 4.48.